The molecule has 2 aromatic carbocycles. The van der Waals surface area contributed by atoms with E-state index in [1.54, 1.807) is 6.92 Å². The first-order valence-electron chi connectivity index (χ1n) is 14.6. The van der Waals surface area contributed by atoms with E-state index in [9.17, 15) is 48.0 Å². The van der Waals surface area contributed by atoms with Gasteiger partial charge in [-0.2, -0.15) is 26.3 Å². The van der Waals surface area contributed by atoms with Crippen LogP contribution in [0, 0.1) is 5.92 Å². The van der Waals surface area contributed by atoms with E-state index in [0.29, 0.717) is 23.3 Å². The van der Waals surface area contributed by atoms with Gasteiger partial charge >= 0.3 is 18.0 Å². The van der Waals surface area contributed by atoms with E-state index in [-0.39, 0.29) is 78.5 Å². The molecule has 2 heterocycles. The third kappa shape index (κ3) is 5.44. The monoisotopic (exact) mass is 695 g/mol. The number of halogens is 7. The van der Waals surface area contributed by atoms with Gasteiger partial charge in [0.2, 0.25) is 5.91 Å². The van der Waals surface area contributed by atoms with Gasteiger partial charge in [0.15, 0.2) is 9.84 Å². The van der Waals surface area contributed by atoms with Crippen LogP contribution in [0.2, 0.25) is 0 Å². The molecule has 0 N–H and O–H groups in total. The fourth-order valence-electron chi connectivity index (χ4n) is 7.16. The Bertz CT molecular complexity index is 1740. The van der Waals surface area contributed by atoms with Crippen LogP contribution in [0.15, 0.2) is 53.9 Å². The zero-order chi connectivity index (χ0) is 34.1. The lowest BCUT2D eigenvalue weighted by Gasteiger charge is -2.43. The Morgan fingerprint density at radius 3 is 2.09 bits per heavy atom. The maximum atomic E-state index is 15.0. The van der Waals surface area contributed by atoms with Crippen LogP contribution in [0.5, 0.6) is 0 Å². The van der Waals surface area contributed by atoms with Crippen LogP contribution in [0.25, 0.3) is 5.57 Å². The first kappa shape index (κ1) is 34.4. The van der Waals surface area contributed by atoms with E-state index in [1.807, 2.05) is 0 Å². The van der Waals surface area contributed by atoms with E-state index < -0.39 is 60.0 Å². The molecule has 3 aliphatic rings. The summed E-state index contributed by atoms with van der Waals surface area (Å²) in [5.74, 6) is -0.817. The van der Waals surface area contributed by atoms with E-state index in [1.165, 1.54) is 29.2 Å². The fourth-order valence-corrected chi connectivity index (χ4v) is 11.1. The molecule has 252 valence electrons. The number of carbonyl (C=O) groups excluding carboxylic acids is 1. The maximum absolute atomic E-state index is 15.0. The standard InChI is InChI=1S/C31H32F7NO5S2/c1-19(2)21-3-7-24(8-4-21)46(43,44)28-13-14-39(27(40)17-20-11-15-45(41,42)16-12-20)26(28)10-5-22-18-23(6-9-25(22)28)29(32,30(33,34)35)31(36,37)38/h3-4,6-9,18,20,26H,1,5,10-17H2,2H3/t26-,28-/m1/s1. The Kier molecular flexibility index (Phi) is 8.48. The molecule has 0 aromatic heterocycles. The number of hydrogen-bond donors (Lipinski definition) is 0. The van der Waals surface area contributed by atoms with Crippen LogP contribution >= 0.6 is 0 Å². The second-order valence-electron chi connectivity index (χ2n) is 12.4. The highest BCUT2D eigenvalue weighted by Gasteiger charge is 2.74. The SMILES string of the molecule is C=C(C)c1ccc(S(=O)(=O)[C@@]23CCN(C(=O)CC4CCS(=O)(=O)CC4)[C@@H]2CCc2cc(C(F)(C(F)(F)F)C(F)(F)F)ccc23)cc1. The number of fused-ring (bicyclic) bond motifs is 3. The summed E-state index contributed by atoms with van der Waals surface area (Å²) >= 11 is 0. The topological polar surface area (TPSA) is 88.6 Å². The molecule has 2 aromatic rings. The van der Waals surface area contributed by atoms with Gasteiger partial charge in [0.1, 0.15) is 14.6 Å². The van der Waals surface area contributed by atoms with Gasteiger partial charge in [-0.1, -0.05) is 42.5 Å². The van der Waals surface area contributed by atoms with Crippen molar-refractivity contribution in [3.8, 4) is 0 Å². The smallest absolute Gasteiger partial charge is 0.338 e. The molecule has 0 saturated carbocycles. The van der Waals surface area contributed by atoms with Crippen molar-refractivity contribution in [1.82, 2.24) is 4.90 Å². The predicted molar refractivity (Wildman–Crippen MR) is 156 cm³/mol. The zero-order valence-corrected chi connectivity index (χ0v) is 26.4. The molecule has 0 spiro atoms. The second-order valence-corrected chi connectivity index (χ2v) is 16.9. The molecule has 0 unspecified atom stereocenters. The molecule has 0 bridgehead atoms. The first-order chi connectivity index (χ1) is 21.2. The molecule has 1 amide bonds. The molecule has 2 fully saturated rings. The lowest BCUT2D eigenvalue weighted by Crippen LogP contribution is -2.53. The van der Waals surface area contributed by atoms with Crippen LogP contribution in [0.4, 0.5) is 30.7 Å². The van der Waals surface area contributed by atoms with Crippen LogP contribution < -0.4 is 0 Å². The van der Waals surface area contributed by atoms with E-state index in [4.69, 9.17) is 0 Å². The van der Waals surface area contributed by atoms with Crippen LogP contribution in [0.1, 0.15) is 61.3 Å². The molecule has 46 heavy (non-hydrogen) atoms. The van der Waals surface area contributed by atoms with Crippen LogP contribution in [0.3, 0.4) is 0 Å². The van der Waals surface area contributed by atoms with Crippen molar-refractivity contribution in [2.75, 3.05) is 18.1 Å². The number of hydrogen-bond acceptors (Lipinski definition) is 5. The third-order valence-corrected chi connectivity index (χ3v) is 13.9. The number of nitrogens with zero attached hydrogens (tertiary/aromatic N) is 1. The lowest BCUT2D eigenvalue weighted by molar-refractivity contribution is -0.348. The summed E-state index contributed by atoms with van der Waals surface area (Å²) in [7, 11) is -7.68. The van der Waals surface area contributed by atoms with Gasteiger partial charge in [0.25, 0.3) is 0 Å². The number of aryl methyl sites for hydroxylation is 1. The number of sulfone groups is 2. The zero-order valence-electron chi connectivity index (χ0n) is 24.7. The minimum absolute atomic E-state index is 0.0389. The van der Waals surface area contributed by atoms with Gasteiger partial charge in [-0.3, -0.25) is 4.79 Å². The fraction of sp³-hybridized carbons (Fsp3) is 0.516. The normalized spacial score (nSPS) is 23.9. The molecular formula is C31H32F7NO5S2. The number of alkyl halides is 7. The molecule has 2 aliphatic heterocycles. The number of likely N-dealkylation sites (tertiary alicyclic amines) is 1. The van der Waals surface area contributed by atoms with Crippen molar-refractivity contribution in [2.24, 2.45) is 5.92 Å². The van der Waals surface area contributed by atoms with Gasteiger partial charge in [-0.15, -0.1) is 0 Å². The van der Waals surface area contributed by atoms with Crippen molar-refractivity contribution in [1.29, 1.82) is 0 Å². The highest BCUT2D eigenvalue weighted by molar-refractivity contribution is 7.92. The predicted octanol–water partition coefficient (Wildman–Crippen LogP) is 6.44. The third-order valence-electron chi connectivity index (χ3n) is 9.66. The number of benzene rings is 2. The van der Waals surface area contributed by atoms with E-state index in [0.717, 1.165) is 6.07 Å². The maximum Gasteiger partial charge on any atom is 0.435 e. The van der Waals surface area contributed by atoms with Crippen molar-refractivity contribution >= 4 is 31.2 Å². The average molecular weight is 696 g/mol. The molecular weight excluding hydrogens is 663 g/mol. The molecule has 2 atom stereocenters. The minimum atomic E-state index is -6.35. The average Bonchev–Trinajstić information content (AvgIpc) is 3.38. The van der Waals surface area contributed by atoms with Crippen molar-refractivity contribution in [3.05, 3.63) is 71.3 Å². The van der Waals surface area contributed by atoms with Gasteiger partial charge in [0.05, 0.1) is 22.4 Å². The highest BCUT2D eigenvalue weighted by atomic mass is 32.2. The quantitative estimate of drug-likeness (QED) is 0.325. The number of rotatable bonds is 6. The summed E-state index contributed by atoms with van der Waals surface area (Å²) < 4.78 is 148. The Hall–Kier alpha value is -2.94. The molecule has 6 nitrogen and oxygen atoms in total. The Morgan fingerprint density at radius 2 is 1.54 bits per heavy atom. The molecule has 0 radical (unpaired) electrons. The number of carbonyl (C=O) groups is 1. The van der Waals surface area contributed by atoms with Crippen LogP contribution in [-0.2, 0) is 41.3 Å². The highest BCUT2D eigenvalue weighted by Crippen LogP contribution is 2.57. The summed E-state index contributed by atoms with van der Waals surface area (Å²) in [4.78, 5) is 14.9. The van der Waals surface area contributed by atoms with Gasteiger partial charge in [0, 0.05) is 18.5 Å². The van der Waals surface area contributed by atoms with Crippen LogP contribution in [-0.4, -0.2) is 64.1 Å². The van der Waals surface area contributed by atoms with Gasteiger partial charge < -0.3 is 4.90 Å². The number of amides is 1. The summed E-state index contributed by atoms with van der Waals surface area (Å²) in [6, 6.07) is 6.28. The first-order valence-corrected chi connectivity index (χ1v) is 17.9. The van der Waals surface area contributed by atoms with E-state index in [2.05, 4.69) is 6.58 Å². The molecule has 2 saturated heterocycles. The summed E-state index contributed by atoms with van der Waals surface area (Å²) in [5.41, 5.74) is -6.38. The summed E-state index contributed by atoms with van der Waals surface area (Å²) in [6.07, 6.45) is -12.7. The molecule has 15 heteroatoms. The molecule has 5 rings (SSSR count). The van der Waals surface area contributed by atoms with Crippen molar-refractivity contribution < 1.29 is 52.4 Å². The second kappa shape index (κ2) is 11.3. The summed E-state index contributed by atoms with van der Waals surface area (Å²) in [5, 5.41) is 0. The van der Waals surface area contributed by atoms with Gasteiger partial charge in [-0.05, 0) is 73.8 Å². The minimum Gasteiger partial charge on any atom is -0.338 e. The Labute approximate surface area is 262 Å². The van der Waals surface area contributed by atoms with Crippen molar-refractivity contribution in [3.63, 3.8) is 0 Å². The largest absolute Gasteiger partial charge is 0.435 e. The Balaban J connectivity index is 1.61. The van der Waals surface area contributed by atoms with Gasteiger partial charge in [-0.25, -0.2) is 21.2 Å². The number of allylic oxidation sites excluding steroid dienone is 1. The molecule has 1 aliphatic carbocycles. The lowest BCUT2D eigenvalue weighted by atomic mass is 9.76. The Morgan fingerprint density at radius 1 is 0.957 bits per heavy atom. The summed E-state index contributed by atoms with van der Waals surface area (Å²) in [6.45, 7) is 5.46. The van der Waals surface area contributed by atoms with Crippen molar-refractivity contribution in [2.45, 2.75) is 79.2 Å². The van der Waals surface area contributed by atoms with E-state index >= 15 is 4.39 Å².